The second-order valence-corrected chi connectivity index (χ2v) is 6.96. The highest BCUT2D eigenvalue weighted by molar-refractivity contribution is 5.01. The third-order valence-corrected chi connectivity index (χ3v) is 4.35. The Bertz CT molecular complexity index is 553. The molecule has 3 unspecified atom stereocenters. The van der Waals surface area contributed by atoms with Crippen LogP contribution in [0.15, 0.2) is 45.6 Å². The zero-order valence-corrected chi connectivity index (χ0v) is 15.0. The number of aliphatic hydroxyl groups excluding tert-OH is 1. The van der Waals surface area contributed by atoms with Crippen molar-refractivity contribution < 1.29 is 18.7 Å². The van der Waals surface area contributed by atoms with Gasteiger partial charge in [-0.3, -0.25) is 9.80 Å². The molecule has 0 spiro atoms. The highest BCUT2D eigenvalue weighted by Crippen LogP contribution is 2.14. The summed E-state index contributed by atoms with van der Waals surface area (Å²) in [6.07, 6.45) is 3.32. The van der Waals surface area contributed by atoms with Crippen LogP contribution in [0.5, 0.6) is 0 Å². The number of hydrogen-bond donors (Lipinski definition) is 1. The Morgan fingerprint density at radius 1 is 1.08 bits per heavy atom. The van der Waals surface area contributed by atoms with E-state index in [9.17, 15) is 5.11 Å². The monoisotopic (exact) mass is 348 g/mol. The summed E-state index contributed by atoms with van der Waals surface area (Å²) in [7, 11) is 0. The van der Waals surface area contributed by atoms with Crippen molar-refractivity contribution in [2.75, 3.05) is 26.2 Å². The van der Waals surface area contributed by atoms with Crippen molar-refractivity contribution in [2.24, 2.45) is 0 Å². The van der Waals surface area contributed by atoms with E-state index in [2.05, 4.69) is 23.6 Å². The first kappa shape index (κ1) is 18.2. The third kappa shape index (κ3) is 5.71. The van der Waals surface area contributed by atoms with E-state index < -0.39 is 6.10 Å². The van der Waals surface area contributed by atoms with Gasteiger partial charge in [-0.2, -0.15) is 0 Å². The normalized spacial score (nSPS) is 23.2. The summed E-state index contributed by atoms with van der Waals surface area (Å²) in [5, 5.41) is 10.6. The fraction of sp³-hybridized carbons (Fsp3) is 0.579. The molecule has 2 aromatic rings. The van der Waals surface area contributed by atoms with Gasteiger partial charge in [-0.05, 0) is 38.1 Å². The van der Waals surface area contributed by atoms with Gasteiger partial charge in [0.25, 0.3) is 0 Å². The Morgan fingerprint density at radius 2 is 1.64 bits per heavy atom. The zero-order chi connectivity index (χ0) is 17.6. The Balaban J connectivity index is 1.56. The first-order chi connectivity index (χ1) is 12.1. The van der Waals surface area contributed by atoms with Gasteiger partial charge in [-0.15, -0.1) is 0 Å². The van der Waals surface area contributed by atoms with E-state index in [1.807, 2.05) is 24.3 Å². The van der Waals surface area contributed by atoms with Crippen LogP contribution >= 0.6 is 0 Å². The molecule has 138 valence electrons. The van der Waals surface area contributed by atoms with Gasteiger partial charge in [-0.25, -0.2) is 0 Å². The lowest BCUT2D eigenvalue weighted by Gasteiger charge is -2.36. The fourth-order valence-corrected chi connectivity index (χ4v) is 3.52. The number of hydrogen-bond acceptors (Lipinski definition) is 6. The van der Waals surface area contributed by atoms with Crippen molar-refractivity contribution in [3.8, 4) is 0 Å². The highest BCUT2D eigenvalue weighted by Gasteiger charge is 2.25. The highest BCUT2D eigenvalue weighted by atomic mass is 16.5. The molecule has 3 atom stereocenters. The number of furan rings is 2. The minimum atomic E-state index is -0.442. The number of aliphatic hydroxyl groups is 1. The Kier molecular flexibility index (Phi) is 6.31. The summed E-state index contributed by atoms with van der Waals surface area (Å²) >= 11 is 0. The maximum atomic E-state index is 10.6. The first-order valence-corrected chi connectivity index (χ1v) is 8.91. The maximum absolute atomic E-state index is 10.6. The number of rotatable bonds is 8. The minimum absolute atomic E-state index is 0.207. The van der Waals surface area contributed by atoms with E-state index in [0.29, 0.717) is 26.2 Å². The van der Waals surface area contributed by atoms with Gasteiger partial charge in [0, 0.05) is 26.2 Å². The zero-order valence-electron chi connectivity index (χ0n) is 15.0. The van der Waals surface area contributed by atoms with Crippen molar-refractivity contribution >= 4 is 0 Å². The summed E-state index contributed by atoms with van der Waals surface area (Å²) in [5.74, 6) is 1.76. The largest absolute Gasteiger partial charge is 0.468 e. The summed E-state index contributed by atoms with van der Waals surface area (Å²) in [4.78, 5) is 4.43. The molecule has 1 saturated heterocycles. The van der Waals surface area contributed by atoms with Gasteiger partial charge < -0.3 is 18.7 Å². The van der Waals surface area contributed by atoms with E-state index in [0.717, 1.165) is 24.6 Å². The maximum Gasteiger partial charge on any atom is 0.117 e. The quantitative estimate of drug-likeness (QED) is 0.790. The van der Waals surface area contributed by atoms with Crippen LogP contribution in [0.1, 0.15) is 25.4 Å². The molecule has 3 heterocycles. The fourth-order valence-electron chi connectivity index (χ4n) is 3.52. The van der Waals surface area contributed by atoms with Gasteiger partial charge in [0.05, 0.1) is 43.9 Å². The van der Waals surface area contributed by atoms with Crippen molar-refractivity contribution in [1.82, 2.24) is 9.80 Å². The average Bonchev–Trinajstić information content (AvgIpc) is 3.19. The molecule has 0 bridgehead atoms. The van der Waals surface area contributed by atoms with Crippen molar-refractivity contribution in [3.63, 3.8) is 0 Å². The third-order valence-electron chi connectivity index (χ3n) is 4.35. The molecule has 1 aliphatic heterocycles. The van der Waals surface area contributed by atoms with E-state index in [1.54, 1.807) is 12.5 Å². The molecule has 1 N–H and O–H groups in total. The molecule has 0 saturated carbocycles. The summed E-state index contributed by atoms with van der Waals surface area (Å²) in [5.41, 5.74) is 0. The van der Waals surface area contributed by atoms with Crippen molar-refractivity contribution in [3.05, 3.63) is 48.3 Å². The SMILES string of the molecule is CC1CN(CC(O)CN(Cc2ccco2)Cc2ccco2)CC(C)O1. The van der Waals surface area contributed by atoms with Crippen LogP contribution in [-0.2, 0) is 17.8 Å². The molecule has 25 heavy (non-hydrogen) atoms. The summed E-state index contributed by atoms with van der Waals surface area (Å²) in [6, 6.07) is 7.67. The second kappa shape index (κ2) is 8.67. The van der Waals surface area contributed by atoms with E-state index in [1.165, 1.54) is 0 Å². The molecule has 6 nitrogen and oxygen atoms in total. The lowest BCUT2D eigenvalue weighted by molar-refractivity contribution is -0.0783. The molecule has 2 aromatic heterocycles. The molecular formula is C19H28N2O4. The standard InChI is InChI=1S/C19H28N2O4/c1-15-9-20(10-16(2)25-15)11-17(22)12-21(13-18-5-3-7-23-18)14-19-6-4-8-24-19/h3-8,15-17,22H,9-14H2,1-2H3. The van der Waals surface area contributed by atoms with Gasteiger partial charge in [0.2, 0.25) is 0 Å². The number of nitrogens with zero attached hydrogens (tertiary/aromatic N) is 2. The van der Waals surface area contributed by atoms with E-state index in [-0.39, 0.29) is 12.2 Å². The Labute approximate surface area is 149 Å². The molecule has 1 fully saturated rings. The molecule has 0 aliphatic carbocycles. The topological polar surface area (TPSA) is 62.2 Å². The van der Waals surface area contributed by atoms with Crippen LogP contribution in [-0.4, -0.2) is 59.4 Å². The lowest BCUT2D eigenvalue weighted by Crippen LogP contribution is -2.49. The molecular weight excluding hydrogens is 320 g/mol. The van der Waals surface area contributed by atoms with Crippen LogP contribution in [0.3, 0.4) is 0 Å². The van der Waals surface area contributed by atoms with Crippen molar-refractivity contribution in [2.45, 2.75) is 45.2 Å². The second-order valence-electron chi connectivity index (χ2n) is 6.96. The molecule has 6 heteroatoms. The Hall–Kier alpha value is -1.60. The lowest BCUT2D eigenvalue weighted by atomic mass is 10.2. The average molecular weight is 348 g/mol. The van der Waals surface area contributed by atoms with Gasteiger partial charge >= 0.3 is 0 Å². The van der Waals surface area contributed by atoms with Crippen LogP contribution in [0.2, 0.25) is 0 Å². The molecule has 0 aromatic carbocycles. The smallest absolute Gasteiger partial charge is 0.117 e. The predicted molar refractivity (Wildman–Crippen MR) is 94.0 cm³/mol. The molecule has 1 aliphatic rings. The number of ether oxygens (including phenoxy) is 1. The van der Waals surface area contributed by atoms with Crippen molar-refractivity contribution in [1.29, 1.82) is 0 Å². The number of β-amino-alcohol motifs (C(OH)–C–C–N with tert-alkyl or cyclic N) is 1. The van der Waals surface area contributed by atoms with Gasteiger partial charge in [0.15, 0.2) is 0 Å². The van der Waals surface area contributed by atoms with Crippen LogP contribution in [0, 0.1) is 0 Å². The molecule has 3 rings (SSSR count). The predicted octanol–water partition coefficient (Wildman–Crippen LogP) is 2.34. The first-order valence-electron chi connectivity index (χ1n) is 8.91. The molecule has 0 radical (unpaired) electrons. The number of morpholine rings is 1. The Morgan fingerprint density at radius 3 is 2.12 bits per heavy atom. The van der Waals surface area contributed by atoms with Gasteiger partial charge in [0.1, 0.15) is 11.5 Å². The van der Waals surface area contributed by atoms with Crippen LogP contribution in [0.25, 0.3) is 0 Å². The minimum Gasteiger partial charge on any atom is -0.468 e. The molecule has 0 amide bonds. The van der Waals surface area contributed by atoms with Crippen LogP contribution in [0.4, 0.5) is 0 Å². The van der Waals surface area contributed by atoms with Gasteiger partial charge in [-0.1, -0.05) is 0 Å². The van der Waals surface area contributed by atoms with E-state index in [4.69, 9.17) is 13.6 Å². The summed E-state index contributed by atoms with van der Waals surface area (Å²) in [6.45, 7) is 8.35. The summed E-state index contributed by atoms with van der Waals surface area (Å²) < 4.78 is 16.7. The van der Waals surface area contributed by atoms with Crippen LogP contribution < -0.4 is 0 Å². The van der Waals surface area contributed by atoms with E-state index >= 15 is 0 Å².